The lowest BCUT2D eigenvalue weighted by Gasteiger charge is -2.34. The number of rotatable bonds is 3. The van der Waals surface area contributed by atoms with Gasteiger partial charge in [-0.2, -0.15) is 0 Å². The molecule has 0 aliphatic heterocycles. The SMILES string of the molecule is O=C1C[C@](O)(C(=O)OCc2ccccc2)C[C@@H](O)[C@@H]1O. The van der Waals surface area contributed by atoms with Crippen molar-refractivity contribution in [1.29, 1.82) is 0 Å². The lowest BCUT2D eigenvalue weighted by Crippen LogP contribution is -2.54. The summed E-state index contributed by atoms with van der Waals surface area (Å²) in [5.74, 6) is -1.75. The summed E-state index contributed by atoms with van der Waals surface area (Å²) >= 11 is 0. The van der Waals surface area contributed by atoms with Gasteiger partial charge in [0, 0.05) is 12.8 Å². The molecule has 1 aliphatic carbocycles. The fourth-order valence-electron chi connectivity index (χ4n) is 2.15. The average molecular weight is 280 g/mol. The number of ether oxygens (including phenoxy) is 1. The molecule has 0 spiro atoms. The molecule has 1 aliphatic rings. The van der Waals surface area contributed by atoms with E-state index in [9.17, 15) is 24.9 Å². The second kappa shape index (κ2) is 5.70. The molecule has 0 radical (unpaired) electrons. The molecule has 0 unspecified atom stereocenters. The lowest BCUT2D eigenvalue weighted by atomic mass is 9.80. The summed E-state index contributed by atoms with van der Waals surface area (Å²) in [6.07, 6.45) is -4.01. The van der Waals surface area contributed by atoms with Crippen LogP contribution in [0.5, 0.6) is 0 Å². The van der Waals surface area contributed by atoms with Gasteiger partial charge in [0.2, 0.25) is 0 Å². The average Bonchev–Trinajstić information content (AvgIpc) is 2.43. The van der Waals surface area contributed by atoms with Crippen LogP contribution in [0.2, 0.25) is 0 Å². The molecule has 0 bridgehead atoms. The van der Waals surface area contributed by atoms with Crippen molar-refractivity contribution in [3.8, 4) is 0 Å². The van der Waals surface area contributed by atoms with Crippen LogP contribution in [-0.4, -0.2) is 44.9 Å². The van der Waals surface area contributed by atoms with Crippen LogP contribution in [0.3, 0.4) is 0 Å². The highest BCUT2D eigenvalue weighted by molar-refractivity contribution is 5.93. The first-order valence-electron chi connectivity index (χ1n) is 6.25. The molecular formula is C14H16O6. The van der Waals surface area contributed by atoms with Crippen molar-refractivity contribution < 1.29 is 29.6 Å². The number of aliphatic hydroxyl groups excluding tert-OH is 2. The van der Waals surface area contributed by atoms with Gasteiger partial charge < -0.3 is 20.1 Å². The van der Waals surface area contributed by atoms with Crippen molar-refractivity contribution in [2.45, 2.75) is 37.3 Å². The number of benzene rings is 1. The second-order valence-corrected chi connectivity index (χ2v) is 4.95. The van der Waals surface area contributed by atoms with Crippen molar-refractivity contribution in [3.63, 3.8) is 0 Å². The molecule has 0 heterocycles. The topological polar surface area (TPSA) is 104 Å². The molecular weight excluding hydrogens is 264 g/mol. The van der Waals surface area contributed by atoms with Crippen molar-refractivity contribution in [3.05, 3.63) is 35.9 Å². The standard InChI is InChI=1S/C14H16O6/c15-10-6-14(19,7-11(16)12(10)17)13(18)20-8-9-4-2-1-3-5-9/h1-5,10,12,15,17,19H,6-8H2/t10-,12+,14+/m1/s1. The molecule has 108 valence electrons. The summed E-state index contributed by atoms with van der Waals surface area (Å²) in [6, 6.07) is 8.88. The minimum Gasteiger partial charge on any atom is -0.459 e. The van der Waals surface area contributed by atoms with Crippen LogP contribution in [-0.2, 0) is 20.9 Å². The zero-order chi connectivity index (χ0) is 14.8. The maximum atomic E-state index is 11.9. The van der Waals surface area contributed by atoms with E-state index in [0.29, 0.717) is 0 Å². The molecule has 1 saturated carbocycles. The van der Waals surface area contributed by atoms with Gasteiger partial charge in [0.25, 0.3) is 0 Å². The van der Waals surface area contributed by atoms with Gasteiger partial charge in [-0.25, -0.2) is 4.79 Å². The van der Waals surface area contributed by atoms with Crippen LogP contribution < -0.4 is 0 Å². The van der Waals surface area contributed by atoms with E-state index in [-0.39, 0.29) is 6.61 Å². The molecule has 1 aromatic rings. The Morgan fingerprint density at radius 1 is 1.30 bits per heavy atom. The van der Waals surface area contributed by atoms with Gasteiger partial charge >= 0.3 is 5.97 Å². The first kappa shape index (κ1) is 14.6. The summed E-state index contributed by atoms with van der Waals surface area (Å²) < 4.78 is 4.97. The van der Waals surface area contributed by atoms with Gasteiger partial charge in [-0.05, 0) is 5.56 Å². The number of carbonyl (C=O) groups excluding carboxylic acids is 2. The van der Waals surface area contributed by atoms with Gasteiger partial charge in [0.05, 0.1) is 6.10 Å². The zero-order valence-electron chi connectivity index (χ0n) is 10.7. The summed E-state index contributed by atoms with van der Waals surface area (Å²) in [7, 11) is 0. The van der Waals surface area contributed by atoms with Crippen LogP contribution in [0.4, 0.5) is 0 Å². The Labute approximate surface area is 115 Å². The molecule has 0 saturated heterocycles. The van der Waals surface area contributed by atoms with Crippen molar-refractivity contribution >= 4 is 11.8 Å². The smallest absolute Gasteiger partial charge is 0.339 e. The summed E-state index contributed by atoms with van der Waals surface area (Å²) in [5, 5.41) is 28.9. The summed E-state index contributed by atoms with van der Waals surface area (Å²) in [5.41, 5.74) is -1.34. The van der Waals surface area contributed by atoms with E-state index in [1.165, 1.54) is 0 Å². The van der Waals surface area contributed by atoms with Crippen molar-refractivity contribution in [1.82, 2.24) is 0 Å². The lowest BCUT2D eigenvalue weighted by molar-refractivity contribution is -0.182. The first-order valence-corrected chi connectivity index (χ1v) is 6.25. The Hall–Kier alpha value is -1.76. The fourth-order valence-corrected chi connectivity index (χ4v) is 2.15. The molecule has 20 heavy (non-hydrogen) atoms. The number of Topliss-reactive ketones (excluding diaryl/α,β-unsaturated/α-hetero) is 1. The highest BCUT2D eigenvalue weighted by Crippen LogP contribution is 2.28. The van der Waals surface area contributed by atoms with E-state index in [0.717, 1.165) is 5.56 Å². The number of hydrogen-bond donors (Lipinski definition) is 3. The van der Waals surface area contributed by atoms with E-state index in [2.05, 4.69) is 0 Å². The third-order valence-electron chi connectivity index (χ3n) is 3.30. The fraction of sp³-hybridized carbons (Fsp3) is 0.429. The Bertz CT molecular complexity index is 500. The highest BCUT2D eigenvalue weighted by atomic mass is 16.5. The molecule has 6 heteroatoms. The largest absolute Gasteiger partial charge is 0.459 e. The number of hydrogen-bond acceptors (Lipinski definition) is 6. The van der Waals surface area contributed by atoms with E-state index in [1.807, 2.05) is 6.07 Å². The van der Waals surface area contributed by atoms with Crippen LogP contribution >= 0.6 is 0 Å². The molecule has 3 atom stereocenters. The molecule has 1 aromatic carbocycles. The quantitative estimate of drug-likeness (QED) is 0.648. The van der Waals surface area contributed by atoms with Crippen LogP contribution in [0, 0.1) is 0 Å². The predicted octanol–water partition coefficient (Wildman–Crippen LogP) is -0.454. The van der Waals surface area contributed by atoms with E-state index < -0.39 is 42.4 Å². The number of esters is 1. The van der Waals surface area contributed by atoms with Gasteiger partial charge in [-0.15, -0.1) is 0 Å². The normalized spacial score (nSPS) is 30.1. The molecule has 3 N–H and O–H groups in total. The second-order valence-electron chi connectivity index (χ2n) is 4.95. The zero-order valence-corrected chi connectivity index (χ0v) is 10.7. The highest BCUT2D eigenvalue weighted by Gasteiger charge is 2.49. The monoisotopic (exact) mass is 280 g/mol. The third-order valence-corrected chi connectivity index (χ3v) is 3.30. The van der Waals surface area contributed by atoms with Crippen LogP contribution in [0.25, 0.3) is 0 Å². The van der Waals surface area contributed by atoms with Crippen LogP contribution in [0.15, 0.2) is 30.3 Å². The van der Waals surface area contributed by atoms with E-state index >= 15 is 0 Å². The third kappa shape index (κ3) is 3.04. The van der Waals surface area contributed by atoms with Gasteiger partial charge in [0.1, 0.15) is 12.7 Å². The van der Waals surface area contributed by atoms with Crippen LogP contribution in [0.1, 0.15) is 18.4 Å². The Kier molecular flexibility index (Phi) is 4.17. The van der Waals surface area contributed by atoms with E-state index in [4.69, 9.17) is 4.74 Å². The van der Waals surface area contributed by atoms with Crippen molar-refractivity contribution in [2.24, 2.45) is 0 Å². The first-order chi connectivity index (χ1) is 9.42. The Morgan fingerprint density at radius 2 is 1.95 bits per heavy atom. The Morgan fingerprint density at radius 3 is 2.55 bits per heavy atom. The number of ketones is 1. The number of aliphatic hydroxyl groups is 3. The molecule has 0 amide bonds. The van der Waals surface area contributed by atoms with E-state index in [1.54, 1.807) is 24.3 Å². The number of carbonyl (C=O) groups is 2. The minimum atomic E-state index is -2.08. The summed E-state index contributed by atoms with van der Waals surface area (Å²) in [4.78, 5) is 23.3. The van der Waals surface area contributed by atoms with Crippen molar-refractivity contribution in [2.75, 3.05) is 0 Å². The molecule has 2 rings (SSSR count). The maximum Gasteiger partial charge on any atom is 0.339 e. The van der Waals surface area contributed by atoms with Gasteiger partial charge in [0.15, 0.2) is 11.4 Å². The minimum absolute atomic E-state index is 0.0329. The maximum absolute atomic E-state index is 11.9. The molecule has 1 fully saturated rings. The van der Waals surface area contributed by atoms with Gasteiger partial charge in [-0.1, -0.05) is 30.3 Å². The molecule has 0 aromatic heterocycles. The predicted molar refractivity (Wildman–Crippen MR) is 67.4 cm³/mol. The van der Waals surface area contributed by atoms with Gasteiger partial charge in [-0.3, -0.25) is 4.79 Å². The summed E-state index contributed by atoms with van der Waals surface area (Å²) in [6.45, 7) is -0.0329. The molecule has 6 nitrogen and oxygen atoms in total. The Balaban J connectivity index is 1.99.